The van der Waals surface area contributed by atoms with Gasteiger partial charge in [-0.1, -0.05) is 33.1 Å². The van der Waals surface area contributed by atoms with E-state index in [0.717, 1.165) is 6.42 Å². The molecule has 102 valence electrons. The fourth-order valence-corrected chi connectivity index (χ4v) is 3.71. The maximum atomic E-state index is 9.39. The molecule has 3 heteroatoms. The Morgan fingerprint density at radius 2 is 2.06 bits per heavy atom. The van der Waals surface area contributed by atoms with Crippen LogP contribution in [0.1, 0.15) is 62.6 Å². The maximum Gasteiger partial charge on any atom is 0.0932 e. The Balaban J connectivity index is 1.96. The van der Waals surface area contributed by atoms with Crippen molar-refractivity contribution >= 4 is 11.3 Å². The summed E-state index contributed by atoms with van der Waals surface area (Å²) in [6, 6.07) is 0. The van der Waals surface area contributed by atoms with Crippen LogP contribution in [0.2, 0.25) is 0 Å². The van der Waals surface area contributed by atoms with E-state index < -0.39 is 0 Å². The molecule has 0 aromatic carbocycles. The van der Waals surface area contributed by atoms with E-state index in [1.54, 1.807) is 11.3 Å². The van der Waals surface area contributed by atoms with Gasteiger partial charge in [0.25, 0.3) is 0 Å². The molecule has 1 saturated carbocycles. The van der Waals surface area contributed by atoms with Crippen LogP contribution >= 0.6 is 11.3 Å². The predicted octanol–water partition coefficient (Wildman–Crippen LogP) is 4.00. The molecule has 1 unspecified atom stereocenters. The minimum Gasteiger partial charge on any atom is -0.396 e. The zero-order chi connectivity index (χ0) is 13.0. The number of aromatic nitrogens is 1. The van der Waals surface area contributed by atoms with Crippen LogP contribution in [0.25, 0.3) is 0 Å². The number of aliphatic hydroxyl groups excluding tert-OH is 1. The van der Waals surface area contributed by atoms with E-state index in [1.165, 1.54) is 42.8 Å². The van der Waals surface area contributed by atoms with Gasteiger partial charge < -0.3 is 5.11 Å². The molecule has 1 N–H and O–H groups in total. The van der Waals surface area contributed by atoms with Crippen molar-refractivity contribution in [2.75, 3.05) is 6.61 Å². The van der Waals surface area contributed by atoms with Crippen molar-refractivity contribution in [3.63, 3.8) is 0 Å². The predicted molar refractivity (Wildman–Crippen MR) is 77.1 cm³/mol. The number of hydrogen-bond donors (Lipinski definition) is 1. The second-order valence-corrected chi connectivity index (χ2v) is 6.83. The smallest absolute Gasteiger partial charge is 0.0932 e. The van der Waals surface area contributed by atoms with Crippen LogP contribution in [-0.2, 0) is 6.42 Å². The van der Waals surface area contributed by atoms with Crippen molar-refractivity contribution in [3.05, 3.63) is 16.1 Å². The molecule has 1 fully saturated rings. The molecule has 0 aliphatic heterocycles. The standard InChI is InChI=1S/C15H25NOS/c1-11(2)13(9-17)8-15-16-14(10-18-15)12-6-4-3-5-7-12/h10-13,17H,3-9H2,1-2H3. The molecular weight excluding hydrogens is 242 g/mol. The fourth-order valence-electron chi connectivity index (χ4n) is 2.74. The molecule has 1 aliphatic rings. The van der Waals surface area contributed by atoms with Crippen LogP contribution in [0, 0.1) is 11.8 Å². The summed E-state index contributed by atoms with van der Waals surface area (Å²) < 4.78 is 0. The average molecular weight is 267 g/mol. The lowest BCUT2D eigenvalue weighted by molar-refractivity contribution is 0.189. The van der Waals surface area contributed by atoms with Gasteiger partial charge in [0.1, 0.15) is 0 Å². The minimum atomic E-state index is 0.274. The highest BCUT2D eigenvalue weighted by Gasteiger charge is 2.20. The van der Waals surface area contributed by atoms with Gasteiger partial charge in [0.2, 0.25) is 0 Å². The maximum absolute atomic E-state index is 9.39. The first-order valence-corrected chi connectivity index (χ1v) is 8.13. The second-order valence-electron chi connectivity index (χ2n) is 5.89. The number of thiazole rings is 1. The van der Waals surface area contributed by atoms with Gasteiger partial charge in [-0.3, -0.25) is 0 Å². The normalized spacial score (nSPS) is 19.3. The third-order valence-electron chi connectivity index (χ3n) is 4.21. The van der Waals surface area contributed by atoms with Crippen LogP contribution in [0.5, 0.6) is 0 Å². The minimum absolute atomic E-state index is 0.274. The first kappa shape index (κ1) is 14.0. The highest BCUT2D eigenvalue weighted by Crippen LogP contribution is 2.33. The summed E-state index contributed by atoms with van der Waals surface area (Å²) in [5.41, 5.74) is 1.31. The van der Waals surface area contributed by atoms with Gasteiger partial charge in [-0.2, -0.15) is 0 Å². The monoisotopic (exact) mass is 267 g/mol. The highest BCUT2D eigenvalue weighted by molar-refractivity contribution is 7.09. The molecule has 0 spiro atoms. The molecule has 1 aromatic heterocycles. The van der Waals surface area contributed by atoms with Crippen molar-refractivity contribution < 1.29 is 5.11 Å². The van der Waals surface area contributed by atoms with E-state index >= 15 is 0 Å². The van der Waals surface area contributed by atoms with Crippen molar-refractivity contribution in [3.8, 4) is 0 Å². The van der Waals surface area contributed by atoms with E-state index in [0.29, 0.717) is 17.8 Å². The van der Waals surface area contributed by atoms with Crippen molar-refractivity contribution in [1.82, 2.24) is 4.98 Å². The Hall–Kier alpha value is -0.410. The molecule has 18 heavy (non-hydrogen) atoms. The van der Waals surface area contributed by atoms with Gasteiger partial charge in [-0.15, -0.1) is 11.3 Å². The first-order valence-electron chi connectivity index (χ1n) is 7.26. The van der Waals surface area contributed by atoms with E-state index in [1.807, 2.05) is 0 Å². The van der Waals surface area contributed by atoms with E-state index in [-0.39, 0.29) is 6.61 Å². The molecule has 0 saturated heterocycles. The Morgan fingerprint density at radius 3 is 2.67 bits per heavy atom. The lowest BCUT2D eigenvalue weighted by Gasteiger charge is -2.19. The van der Waals surface area contributed by atoms with Gasteiger partial charge in [-0.25, -0.2) is 4.98 Å². The SMILES string of the molecule is CC(C)C(CO)Cc1nc(C2CCCCC2)cs1. The molecule has 0 radical (unpaired) electrons. The largest absolute Gasteiger partial charge is 0.396 e. The summed E-state index contributed by atoms with van der Waals surface area (Å²) >= 11 is 1.78. The Morgan fingerprint density at radius 1 is 1.33 bits per heavy atom. The Bertz CT molecular complexity index is 355. The number of nitrogens with zero attached hydrogens (tertiary/aromatic N) is 1. The highest BCUT2D eigenvalue weighted by atomic mass is 32.1. The molecule has 1 heterocycles. The molecule has 1 aliphatic carbocycles. The van der Waals surface area contributed by atoms with Crippen LogP contribution in [-0.4, -0.2) is 16.7 Å². The van der Waals surface area contributed by atoms with Gasteiger partial charge in [0.15, 0.2) is 0 Å². The zero-order valence-corrected chi connectivity index (χ0v) is 12.4. The van der Waals surface area contributed by atoms with Crippen molar-refractivity contribution in [2.24, 2.45) is 11.8 Å². The lowest BCUT2D eigenvalue weighted by atomic mass is 9.87. The molecule has 1 atom stereocenters. The lowest BCUT2D eigenvalue weighted by Crippen LogP contribution is -2.16. The first-order chi connectivity index (χ1) is 8.70. The summed E-state index contributed by atoms with van der Waals surface area (Å²) in [4.78, 5) is 4.81. The molecule has 2 rings (SSSR count). The molecule has 0 amide bonds. The van der Waals surface area contributed by atoms with E-state index in [9.17, 15) is 5.11 Å². The molecule has 2 nitrogen and oxygen atoms in total. The second kappa shape index (κ2) is 6.67. The average Bonchev–Trinajstić information content (AvgIpc) is 2.85. The van der Waals surface area contributed by atoms with Crippen LogP contribution in [0.3, 0.4) is 0 Å². The molecule has 0 bridgehead atoms. The van der Waals surface area contributed by atoms with Crippen molar-refractivity contribution in [1.29, 1.82) is 0 Å². The summed E-state index contributed by atoms with van der Waals surface area (Å²) in [6.07, 6.45) is 7.69. The van der Waals surface area contributed by atoms with Gasteiger partial charge >= 0.3 is 0 Å². The van der Waals surface area contributed by atoms with E-state index in [4.69, 9.17) is 4.98 Å². The summed E-state index contributed by atoms with van der Waals surface area (Å²) in [5.74, 6) is 1.59. The Kier molecular flexibility index (Phi) is 5.19. The topological polar surface area (TPSA) is 33.1 Å². The van der Waals surface area contributed by atoms with Crippen LogP contribution in [0.4, 0.5) is 0 Å². The van der Waals surface area contributed by atoms with Gasteiger partial charge in [0.05, 0.1) is 10.7 Å². The van der Waals surface area contributed by atoms with Crippen LogP contribution < -0.4 is 0 Å². The summed E-state index contributed by atoms with van der Waals surface area (Å²) in [6.45, 7) is 4.63. The van der Waals surface area contributed by atoms with Gasteiger partial charge in [0, 0.05) is 24.3 Å². The number of rotatable bonds is 5. The van der Waals surface area contributed by atoms with Gasteiger partial charge in [-0.05, 0) is 24.7 Å². The summed E-state index contributed by atoms with van der Waals surface area (Å²) in [5, 5.41) is 12.9. The number of aliphatic hydroxyl groups is 1. The summed E-state index contributed by atoms with van der Waals surface area (Å²) in [7, 11) is 0. The third-order valence-corrected chi connectivity index (χ3v) is 5.10. The fraction of sp³-hybridized carbons (Fsp3) is 0.800. The van der Waals surface area contributed by atoms with E-state index in [2.05, 4.69) is 19.2 Å². The van der Waals surface area contributed by atoms with Crippen LogP contribution in [0.15, 0.2) is 5.38 Å². The number of hydrogen-bond acceptors (Lipinski definition) is 3. The third kappa shape index (κ3) is 3.55. The Labute approximate surface area is 114 Å². The van der Waals surface area contributed by atoms with Crippen molar-refractivity contribution in [2.45, 2.75) is 58.3 Å². The molecule has 1 aromatic rings. The molecular formula is C15H25NOS. The zero-order valence-electron chi connectivity index (χ0n) is 11.6. The quantitative estimate of drug-likeness (QED) is 0.874.